The van der Waals surface area contributed by atoms with Crippen LogP contribution in [0.3, 0.4) is 0 Å². The van der Waals surface area contributed by atoms with E-state index < -0.39 is 23.2 Å². The fourth-order valence-electron chi connectivity index (χ4n) is 0.575. The third kappa shape index (κ3) is 7.63. The van der Waals surface area contributed by atoms with E-state index in [0.717, 1.165) is 0 Å². The maximum atomic E-state index is 10.7. The fourth-order valence-corrected chi connectivity index (χ4v) is 1.00. The number of aliphatic hydroxyl groups is 1. The summed E-state index contributed by atoms with van der Waals surface area (Å²) in [5, 5.41) is 8.98. The second-order valence-electron chi connectivity index (χ2n) is 2.27. The van der Waals surface area contributed by atoms with Gasteiger partial charge in [0.05, 0.1) is 5.75 Å². The van der Waals surface area contributed by atoms with Crippen molar-refractivity contribution < 1.29 is 23.4 Å². The first-order valence-corrected chi connectivity index (χ1v) is 4.88. The molecular weight excluding hydrogens is 196 g/mol. The van der Waals surface area contributed by atoms with Crippen LogP contribution in [0.25, 0.3) is 0 Å². The summed E-state index contributed by atoms with van der Waals surface area (Å²) in [5.74, 6) is -0.895. The Hall–Kier alpha value is -0.720. The highest BCUT2D eigenvalue weighted by Crippen LogP contribution is 1.90. The molecule has 0 aliphatic heterocycles. The SMILES string of the molecule is CC=CC(=O)OCC(O)CS(=O)O. The summed E-state index contributed by atoms with van der Waals surface area (Å²) in [6.07, 6.45) is 1.60. The molecule has 2 unspecified atom stereocenters. The number of hydrogen-bond donors (Lipinski definition) is 2. The Bertz CT molecular complexity index is 213. The third-order valence-electron chi connectivity index (χ3n) is 1.06. The molecule has 0 aliphatic rings. The van der Waals surface area contributed by atoms with Crippen LogP contribution in [0.1, 0.15) is 6.92 Å². The minimum atomic E-state index is -2.07. The minimum absolute atomic E-state index is 0.268. The van der Waals surface area contributed by atoms with Gasteiger partial charge in [0.1, 0.15) is 12.7 Å². The second kappa shape index (κ2) is 6.76. The van der Waals surface area contributed by atoms with Crippen LogP contribution in [-0.2, 0) is 20.6 Å². The summed E-state index contributed by atoms with van der Waals surface area (Å²) in [6, 6.07) is 0. The van der Waals surface area contributed by atoms with Crippen LogP contribution >= 0.6 is 0 Å². The molecule has 0 saturated heterocycles. The van der Waals surface area contributed by atoms with E-state index in [-0.39, 0.29) is 12.4 Å². The van der Waals surface area contributed by atoms with Gasteiger partial charge in [-0.3, -0.25) is 0 Å². The summed E-state index contributed by atoms with van der Waals surface area (Å²) in [6.45, 7) is 1.38. The largest absolute Gasteiger partial charge is 0.460 e. The lowest BCUT2D eigenvalue weighted by Gasteiger charge is -2.07. The molecule has 6 heteroatoms. The number of hydrogen-bond acceptors (Lipinski definition) is 4. The van der Waals surface area contributed by atoms with Crippen molar-refractivity contribution in [2.75, 3.05) is 12.4 Å². The van der Waals surface area contributed by atoms with Crippen LogP contribution < -0.4 is 0 Å². The number of esters is 1. The quantitative estimate of drug-likeness (QED) is 0.368. The minimum Gasteiger partial charge on any atom is -0.460 e. The van der Waals surface area contributed by atoms with E-state index in [1.54, 1.807) is 6.92 Å². The molecule has 13 heavy (non-hydrogen) atoms. The van der Waals surface area contributed by atoms with Crippen molar-refractivity contribution in [2.45, 2.75) is 13.0 Å². The average molecular weight is 208 g/mol. The van der Waals surface area contributed by atoms with Crippen LogP contribution in [0.2, 0.25) is 0 Å². The number of rotatable bonds is 5. The molecule has 0 rings (SSSR count). The van der Waals surface area contributed by atoms with Crippen LogP contribution in [0.15, 0.2) is 12.2 Å². The zero-order valence-corrected chi connectivity index (χ0v) is 7.99. The van der Waals surface area contributed by atoms with Gasteiger partial charge >= 0.3 is 5.97 Å². The number of carbonyl (C=O) groups excluding carboxylic acids is 1. The molecule has 0 amide bonds. The number of ether oxygens (including phenoxy) is 1. The number of aliphatic hydroxyl groups excluding tert-OH is 1. The van der Waals surface area contributed by atoms with Crippen LogP contribution in [-0.4, -0.2) is 38.3 Å². The van der Waals surface area contributed by atoms with Gasteiger partial charge in [0.15, 0.2) is 11.1 Å². The molecule has 0 aromatic carbocycles. The molecule has 2 N–H and O–H groups in total. The first-order valence-electron chi connectivity index (χ1n) is 3.61. The maximum absolute atomic E-state index is 10.7. The highest BCUT2D eigenvalue weighted by molar-refractivity contribution is 7.79. The summed E-state index contributed by atoms with van der Waals surface area (Å²) >= 11 is -2.07. The first-order chi connectivity index (χ1) is 6.06. The Kier molecular flexibility index (Phi) is 6.38. The summed E-state index contributed by atoms with van der Waals surface area (Å²) in [4.78, 5) is 10.7. The molecule has 0 aromatic rings. The predicted octanol–water partition coefficient (Wildman–Crippen LogP) is -0.312. The molecule has 0 spiro atoms. The molecule has 0 saturated carbocycles. The molecule has 0 bridgehead atoms. The van der Waals surface area contributed by atoms with Crippen molar-refractivity contribution in [2.24, 2.45) is 0 Å². The van der Waals surface area contributed by atoms with E-state index in [2.05, 4.69) is 4.74 Å². The number of allylic oxidation sites excluding steroid dienone is 1. The van der Waals surface area contributed by atoms with Gasteiger partial charge in [-0.1, -0.05) is 6.08 Å². The summed E-state index contributed by atoms with van der Waals surface area (Å²) in [7, 11) is 0. The van der Waals surface area contributed by atoms with Crippen molar-refractivity contribution in [1.82, 2.24) is 0 Å². The van der Waals surface area contributed by atoms with E-state index in [4.69, 9.17) is 9.66 Å². The highest BCUT2D eigenvalue weighted by atomic mass is 32.2. The van der Waals surface area contributed by atoms with Crippen LogP contribution in [0, 0.1) is 0 Å². The Morgan fingerprint density at radius 2 is 2.31 bits per heavy atom. The molecule has 0 fully saturated rings. The standard InChI is InChI=1S/C7H12O5S/c1-2-3-7(9)12-4-6(8)5-13(10)11/h2-3,6,8H,4-5H2,1H3,(H,10,11). The first kappa shape index (κ1) is 12.3. The van der Waals surface area contributed by atoms with Gasteiger partial charge in [-0.15, -0.1) is 0 Å². The zero-order chi connectivity index (χ0) is 10.3. The van der Waals surface area contributed by atoms with Crippen molar-refractivity contribution in [3.63, 3.8) is 0 Å². The zero-order valence-electron chi connectivity index (χ0n) is 7.17. The van der Waals surface area contributed by atoms with Gasteiger partial charge in [-0.05, 0) is 6.92 Å². The second-order valence-corrected chi connectivity index (χ2v) is 3.25. The Balaban J connectivity index is 3.63. The topological polar surface area (TPSA) is 83.8 Å². The lowest BCUT2D eigenvalue weighted by molar-refractivity contribution is -0.140. The van der Waals surface area contributed by atoms with Crippen molar-refractivity contribution in [3.8, 4) is 0 Å². The average Bonchev–Trinajstić information content (AvgIpc) is 2.00. The highest BCUT2D eigenvalue weighted by Gasteiger charge is 2.09. The molecule has 0 heterocycles. The molecular formula is C7H12O5S. The summed E-state index contributed by atoms with van der Waals surface area (Å²) in [5.41, 5.74) is 0. The lowest BCUT2D eigenvalue weighted by atomic mass is 10.4. The van der Waals surface area contributed by atoms with E-state index in [9.17, 15) is 9.00 Å². The smallest absolute Gasteiger partial charge is 0.330 e. The van der Waals surface area contributed by atoms with Gasteiger partial charge in [0, 0.05) is 6.08 Å². The third-order valence-corrected chi connectivity index (χ3v) is 1.73. The normalized spacial score (nSPS) is 15.6. The van der Waals surface area contributed by atoms with Gasteiger partial charge in [-0.2, -0.15) is 0 Å². The molecule has 0 aliphatic carbocycles. The van der Waals surface area contributed by atoms with E-state index in [1.165, 1.54) is 12.2 Å². The van der Waals surface area contributed by atoms with E-state index in [0.29, 0.717) is 0 Å². The molecule has 0 aromatic heterocycles. The molecule has 76 valence electrons. The van der Waals surface area contributed by atoms with Crippen molar-refractivity contribution in [1.29, 1.82) is 0 Å². The maximum Gasteiger partial charge on any atom is 0.330 e. The molecule has 5 nitrogen and oxygen atoms in total. The monoisotopic (exact) mass is 208 g/mol. The Labute approximate surface area is 78.7 Å². The van der Waals surface area contributed by atoms with Crippen LogP contribution in [0.4, 0.5) is 0 Å². The van der Waals surface area contributed by atoms with Gasteiger partial charge in [0.2, 0.25) is 0 Å². The van der Waals surface area contributed by atoms with Crippen molar-refractivity contribution >= 4 is 17.0 Å². The fraction of sp³-hybridized carbons (Fsp3) is 0.571. The number of carbonyl (C=O) groups is 1. The van der Waals surface area contributed by atoms with Gasteiger partial charge in [0.25, 0.3) is 0 Å². The van der Waals surface area contributed by atoms with E-state index in [1.807, 2.05) is 0 Å². The molecule has 2 atom stereocenters. The van der Waals surface area contributed by atoms with Crippen LogP contribution in [0.5, 0.6) is 0 Å². The van der Waals surface area contributed by atoms with E-state index >= 15 is 0 Å². The van der Waals surface area contributed by atoms with Gasteiger partial charge in [-0.25, -0.2) is 9.00 Å². The summed E-state index contributed by atoms with van der Waals surface area (Å²) < 4.78 is 23.0. The van der Waals surface area contributed by atoms with Gasteiger partial charge < -0.3 is 14.4 Å². The Morgan fingerprint density at radius 3 is 2.77 bits per heavy atom. The lowest BCUT2D eigenvalue weighted by Crippen LogP contribution is -2.23. The van der Waals surface area contributed by atoms with Crippen molar-refractivity contribution in [3.05, 3.63) is 12.2 Å². The predicted molar refractivity (Wildman–Crippen MR) is 47.4 cm³/mol. The molecule has 0 radical (unpaired) electrons. The Morgan fingerprint density at radius 1 is 1.69 bits per heavy atom.